The topological polar surface area (TPSA) is 0 Å². The molecule has 1 aliphatic rings. The Balaban J connectivity index is 2.57. The van der Waals surface area contributed by atoms with Crippen LogP contribution in [0.2, 0.25) is 0 Å². The van der Waals surface area contributed by atoms with Crippen LogP contribution in [0.15, 0.2) is 12.1 Å². The number of aryl methyl sites for hydroxylation is 4. The van der Waals surface area contributed by atoms with Crippen molar-refractivity contribution in [1.29, 1.82) is 0 Å². The van der Waals surface area contributed by atoms with Crippen LogP contribution in [0.5, 0.6) is 0 Å². The summed E-state index contributed by atoms with van der Waals surface area (Å²) in [5.74, 6) is 0. The highest BCUT2D eigenvalue weighted by Crippen LogP contribution is 2.54. The molecule has 2 aromatic carbocycles. The number of hydrogen-bond acceptors (Lipinski definition) is 0. The van der Waals surface area contributed by atoms with Crippen molar-refractivity contribution < 1.29 is 0 Å². The van der Waals surface area contributed by atoms with Crippen LogP contribution in [0.1, 0.15) is 58.4 Å². The van der Waals surface area contributed by atoms with E-state index < -0.39 is 0 Å². The first-order valence-electron chi connectivity index (χ1n) is 7.90. The van der Waals surface area contributed by atoms with Crippen molar-refractivity contribution in [3.05, 3.63) is 56.6 Å². The van der Waals surface area contributed by atoms with Crippen molar-refractivity contribution >= 4 is 0 Å². The third-order valence-electron chi connectivity index (χ3n) is 5.59. The zero-order valence-corrected chi connectivity index (χ0v) is 14.7. The summed E-state index contributed by atoms with van der Waals surface area (Å²) in [5.41, 5.74) is 14.8. The number of fused-ring (bicyclic) bond motifs is 3. The number of rotatable bonds is 0. The lowest BCUT2D eigenvalue weighted by molar-refractivity contribution is 0.648. The van der Waals surface area contributed by atoms with Crippen molar-refractivity contribution in [2.45, 2.75) is 60.8 Å². The second kappa shape index (κ2) is 4.22. The van der Waals surface area contributed by atoms with Gasteiger partial charge in [-0.1, -0.05) is 26.0 Å². The third kappa shape index (κ3) is 1.68. The maximum absolute atomic E-state index is 2.40. The van der Waals surface area contributed by atoms with Gasteiger partial charge in [0.15, 0.2) is 0 Å². The van der Waals surface area contributed by atoms with E-state index >= 15 is 0 Å². The molecule has 0 N–H and O–H groups in total. The van der Waals surface area contributed by atoms with Gasteiger partial charge >= 0.3 is 0 Å². The largest absolute Gasteiger partial charge is 0.0555 e. The fraction of sp³-hybridized carbons (Fsp3) is 0.429. The van der Waals surface area contributed by atoms with E-state index in [4.69, 9.17) is 0 Å². The molecule has 0 heteroatoms. The first-order chi connectivity index (χ1) is 9.67. The van der Waals surface area contributed by atoms with Gasteiger partial charge in [0.2, 0.25) is 0 Å². The molecule has 0 aromatic heterocycles. The van der Waals surface area contributed by atoms with E-state index in [1.165, 1.54) is 44.5 Å². The maximum Gasteiger partial charge on any atom is 0.0164 e. The van der Waals surface area contributed by atoms with Gasteiger partial charge < -0.3 is 0 Å². The van der Waals surface area contributed by atoms with Crippen LogP contribution in [0.25, 0.3) is 11.1 Å². The highest BCUT2D eigenvalue weighted by atomic mass is 14.4. The molecule has 0 radical (unpaired) electrons. The standard InChI is InChI=1S/C21H26/c1-11-9-13(3)17-18-14(4)10-12(2)16(6)20(18)21(7,8)19(17)15(11)5/h9-10H,1-8H3. The van der Waals surface area contributed by atoms with Gasteiger partial charge in [0.1, 0.15) is 0 Å². The average molecular weight is 278 g/mol. The molecule has 1 aliphatic carbocycles. The second-order valence-electron chi connectivity index (χ2n) is 7.40. The average Bonchev–Trinajstić information content (AvgIpc) is 2.62. The fourth-order valence-electron chi connectivity index (χ4n) is 4.51. The molecule has 2 aromatic rings. The molecule has 0 atom stereocenters. The van der Waals surface area contributed by atoms with Crippen LogP contribution < -0.4 is 0 Å². The smallest absolute Gasteiger partial charge is 0.0164 e. The first kappa shape index (κ1) is 14.4. The monoisotopic (exact) mass is 278 g/mol. The zero-order valence-electron chi connectivity index (χ0n) is 14.7. The molecule has 0 amide bonds. The van der Waals surface area contributed by atoms with Gasteiger partial charge in [-0.25, -0.2) is 0 Å². The Hall–Kier alpha value is -1.56. The van der Waals surface area contributed by atoms with E-state index in [1.54, 1.807) is 11.1 Å². The summed E-state index contributed by atoms with van der Waals surface area (Å²) in [5, 5.41) is 0. The summed E-state index contributed by atoms with van der Waals surface area (Å²) >= 11 is 0. The molecule has 0 fully saturated rings. The van der Waals surface area contributed by atoms with E-state index in [9.17, 15) is 0 Å². The quantitative estimate of drug-likeness (QED) is 0.567. The maximum atomic E-state index is 2.40. The molecule has 0 nitrogen and oxygen atoms in total. The number of benzene rings is 2. The van der Waals surface area contributed by atoms with Crippen LogP contribution in [0, 0.1) is 41.5 Å². The summed E-state index contributed by atoms with van der Waals surface area (Å²) in [6.07, 6.45) is 0. The van der Waals surface area contributed by atoms with Crippen LogP contribution >= 0.6 is 0 Å². The SMILES string of the molecule is Cc1cc(C)c2c(c1C)C(C)(C)c1c(C)c(C)cc(C)c1-2. The molecule has 21 heavy (non-hydrogen) atoms. The molecule has 0 aliphatic heterocycles. The summed E-state index contributed by atoms with van der Waals surface area (Å²) in [7, 11) is 0. The Morgan fingerprint density at radius 2 is 0.905 bits per heavy atom. The molecule has 3 rings (SSSR count). The lowest BCUT2D eigenvalue weighted by Crippen LogP contribution is -2.19. The van der Waals surface area contributed by atoms with Gasteiger partial charge in [-0.2, -0.15) is 0 Å². The lowest BCUT2D eigenvalue weighted by atomic mass is 9.77. The van der Waals surface area contributed by atoms with Crippen molar-refractivity contribution in [3.63, 3.8) is 0 Å². The Bertz CT molecular complexity index is 708. The lowest BCUT2D eigenvalue weighted by Gasteiger charge is -2.26. The van der Waals surface area contributed by atoms with Gasteiger partial charge in [0.25, 0.3) is 0 Å². The third-order valence-corrected chi connectivity index (χ3v) is 5.59. The van der Waals surface area contributed by atoms with E-state index in [0.29, 0.717) is 0 Å². The number of hydrogen-bond donors (Lipinski definition) is 0. The van der Waals surface area contributed by atoms with Crippen LogP contribution in [0.3, 0.4) is 0 Å². The van der Waals surface area contributed by atoms with Crippen molar-refractivity contribution in [2.24, 2.45) is 0 Å². The molecule has 0 heterocycles. The highest BCUT2D eigenvalue weighted by Gasteiger charge is 2.40. The van der Waals surface area contributed by atoms with Crippen LogP contribution in [-0.2, 0) is 5.41 Å². The second-order valence-corrected chi connectivity index (χ2v) is 7.40. The van der Waals surface area contributed by atoms with Crippen LogP contribution in [-0.4, -0.2) is 0 Å². The Kier molecular flexibility index (Phi) is 2.89. The molecular weight excluding hydrogens is 252 g/mol. The van der Waals surface area contributed by atoms with E-state index in [0.717, 1.165) is 0 Å². The Labute approximate surface area is 129 Å². The predicted octanol–water partition coefficient (Wildman–Crippen LogP) is 5.84. The van der Waals surface area contributed by atoms with Gasteiger partial charge in [-0.3, -0.25) is 0 Å². The fourth-order valence-corrected chi connectivity index (χ4v) is 4.51. The Morgan fingerprint density at radius 3 is 1.24 bits per heavy atom. The van der Waals surface area contributed by atoms with E-state index in [1.807, 2.05) is 0 Å². The van der Waals surface area contributed by atoms with Gasteiger partial charge in [-0.15, -0.1) is 0 Å². The van der Waals surface area contributed by atoms with Crippen molar-refractivity contribution in [3.8, 4) is 11.1 Å². The zero-order chi connectivity index (χ0) is 15.7. The minimum Gasteiger partial charge on any atom is -0.0555 e. The molecule has 0 saturated carbocycles. The normalized spacial score (nSPS) is 15.0. The minimum atomic E-state index is 0.104. The highest BCUT2D eigenvalue weighted by molar-refractivity contribution is 5.88. The van der Waals surface area contributed by atoms with Crippen molar-refractivity contribution in [1.82, 2.24) is 0 Å². The molecule has 0 bridgehead atoms. The van der Waals surface area contributed by atoms with Gasteiger partial charge in [-0.05, 0) is 97.2 Å². The summed E-state index contributed by atoms with van der Waals surface area (Å²) in [6, 6.07) is 4.71. The first-order valence-corrected chi connectivity index (χ1v) is 7.90. The van der Waals surface area contributed by atoms with Crippen LogP contribution in [0.4, 0.5) is 0 Å². The van der Waals surface area contributed by atoms with E-state index in [-0.39, 0.29) is 5.41 Å². The molecular formula is C21H26. The van der Waals surface area contributed by atoms with E-state index in [2.05, 4.69) is 67.5 Å². The Morgan fingerprint density at radius 1 is 0.571 bits per heavy atom. The van der Waals surface area contributed by atoms with Gasteiger partial charge in [0.05, 0.1) is 0 Å². The molecule has 110 valence electrons. The summed E-state index contributed by atoms with van der Waals surface area (Å²) < 4.78 is 0. The summed E-state index contributed by atoms with van der Waals surface area (Å²) in [4.78, 5) is 0. The molecule has 0 saturated heterocycles. The molecule has 0 unspecified atom stereocenters. The predicted molar refractivity (Wildman–Crippen MR) is 92.4 cm³/mol. The van der Waals surface area contributed by atoms with Gasteiger partial charge in [0, 0.05) is 5.41 Å². The summed E-state index contributed by atoms with van der Waals surface area (Å²) in [6.45, 7) is 18.4. The minimum absolute atomic E-state index is 0.104. The van der Waals surface area contributed by atoms with Crippen molar-refractivity contribution in [2.75, 3.05) is 0 Å². The molecule has 0 spiro atoms.